The Hall–Kier alpha value is -1.73. The summed E-state index contributed by atoms with van der Waals surface area (Å²) in [4.78, 5) is 32.9. The zero-order valence-corrected chi connectivity index (χ0v) is 10.0. The van der Waals surface area contributed by atoms with Gasteiger partial charge in [-0.2, -0.15) is 0 Å². The van der Waals surface area contributed by atoms with Crippen molar-refractivity contribution in [2.75, 3.05) is 11.6 Å². The van der Waals surface area contributed by atoms with Crippen molar-refractivity contribution in [1.29, 1.82) is 0 Å². The Morgan fingerprint density at radius 3 is 2.78 bits per heavy atom. The molecule has 1 aliphatic heterocycles. The highest BCUT2D eigenvalue weighted by molar-refractivity contribution is 7.50. The number of nitrogens with zero attached hydrogens (tertiary/aromatic N) is 2. The topological polar surface area (TPSA) is 128 Å². The summed E-state index contributed by atoms with van der Waals surface area (Å²) >= 11 is 0. The molecule has 1 aromatic carbocycles. The molecule has 96 valence electrons. The van der Waals surface area contributed by atoms with Crippen LogP contribution in [-0.4, -0.2) is 28.0 Å². The number of hydrogen-bond acceptors (Lipinski definition) is 5. The molecule has 0 saturated heterocycles. The van der Waals surface area contributed by atoms with Crippen LogP contribution in [0.2, 0.25) is 0 Å². The van der Waals surface area contributed by atoms with Crippen LogP contribution in [0.25, 0.3) is 0 Å². The number of para-hydroxylation sites is 2. The highest BCUT2D eigenvalue weighted by Gasteiger charge is 2.25. The number of hydrogen-bond donors (Lipinski definition) is 4. The van der Waals surface area contributed by atoms with E-state index in [1.165, 1.54) is 5.01 Å². The summed E-state index contributed by atoms with van der Waals surface area (Å²) in [5.41, 5.74) is 1.06. The van der Waals surface area contributed by atoms with E-state index >= 15 is 0 Å². The maximum atomic E-state index is 11.6. The Bertz CT molecular complexity index is 567. The second-order valence-corrected chi connectivity index (χ2v) is 4.97. The summed E-state index contributed by atoms with van der Waals surface area (Å²) in [7, 11) is -4.63. The van der Waals surface area contributed by atoms with Gasteiger partial charge in [-0.15, -0.1) is 0 Å². The lowest BCUT2D eigenvalue weighted by Gasteiger charge is -2.25. The number of amides is 1. The fourth-order valence-electron chi connectivity index (χ4n) is 1.55. The normalized spacial score (nSPS) is 14.8. The van der Waals surface area contributed by atoms with Gasteiger partial charge in [0.25, 0.3) is 5.91 Å². The minimum Gasteiger partial charge on any atom is -0.308 e. The molecule has 1 amide bonds. The largest absolute Gasteiger partial charge is 0.430 e. The lowest BCUT2D eigenvalue weighted by atomic mass is 10.2. The Kier molecular flexibility index (Phi) is 3.18. The van der Waals surface area contributed by atoms with Gasteiger partial charge in [0.2, 0.25) is 0 Å². The molecule has 0 radical (unpaired) electrons. The minimum atomic E-state index is -4.63. The molecule has 1 heterocycles. The first-order chi connectivity index (χ1) is 8.37. The zero-order valence-electron chi connectivity index (χ0n) is 9.15. The molecule has 0 bridgehead atoms. The smallest absolute Gasteiger partial charge is 0.308 e. The van der Waals surface area contributed by atoms with Crippen molar-refractivity contribution in [2.24, 2.45) is 10.8 Å². The van der Waals surface area contributed by atoms with Crippen LogP contribution in [0.3, 0.4) is 0 Å². The second kappa shape index (κ2) is 4.51. The molecule has 5 N–H and O–H groups in total. The molecule has 0 spiro atoms. The van der Waals surface area contributed by atoms with Crippen LogP contribution in [0.4, 0.5) is 11.4 Å². The average molecular weight is 270 g/mol. The first-order valence-electron chi connectivity index (χ1n) is 4.94. The summed E-state index contributed by atoms with van der Waals surface area (Å²) in [5.74, 6) is 4.78. The summed E-state index contributed by atoms with van der Waals surface area (Å²) in [6, 6.07) is 6.88. The highest BCUT2D eigenvalue weighted by Crippen LogP contribution is 2.31. The second-order valence-electron chi connectivity index (χ2n) is 3.66. The minimum absolute atomic E-state index is 0.0250. The van der Waals surface area contributed by atoms with Crippen LogP contribution in [0.5, 0.6) is 0 Å². The predicted octanol–water partition coefficient (Wildman–Crippen LogP) is -0.338. The van der Waals surface area contributed by atoms with Crippen LogP contribution in [0.15, 0.2) is 29.3 Å². The van der Waals surface area contributed by atoms with E-state index in [2.05, 4.69) is 4.99 Å². The molecule has 0 atom stereocenters. The van der Waals surface area contributed by atoms with Gasteiger partial charge >= 0.3 is 7.75 Å². The van der Waals surface area contributed by atoms with E-state index in [1.54, 1.807) is 29.4 Å². The van der Waals surface area contributed by atoms with E-state index < -0.39 is 13.7 Å². The zero-order chi connectivity index (χ0) is 13.3. The van der Waals surface area contributed by atoms with E-state index in [-0.39, 0.29) is 12.3 Å². The van der Waals surface area contributed by atoms with Crippen molar-refractivity contribution in [3.8, 4) is 0 Å². The van der Waals surface area contributed by atoms with Crippen molar-refractivity contribution >= 4 is 30.7 Å². The third-order valence-corrected chi connectivity index (χ3v) is 2.77. The van der Waals surface area contributed by atoms with Crippen LogP contribution < -0.4 is 15.9 Å². The third-order valence-electron chi connectivity index (χ3n) is 2.28. The maximum absolute atomic E-state index is 11.6. The maximum Gasteiger partial charge on any atom is 0.430 e. The molecule has 18 heavy (non-hydrogen) atoms. The number of fused-ring (bicyclic) bond motifs is 1. The summed E-state index contributed by atoms with van der Waals surface area (Å²) in [6.07, 6.45) is 0. The van der Waals surface area contributed by atoms with Crippen LogP contribution in [-0.2, 0) is 9.36 Å². The Morgan fingerprint density at radius 1 is 1.44 bits per heavy atom. The predicted molar refractivity (Wildman–Crippen MR) is 65.3 cm³/mol. The van der Waals surface area contributed by atoms with Gasteiger partial charge in [0.15, 0.2) is 0 Å². The van der Waals surface area contributed by atoms with Gasteiger partial charge in [0.1, 0.15) is 5.71 Å². The molecule has 0 aromatic heterocycles. The number of nitrogens with one attached hydrogen (secondary N) is 1. The number of nitrogens with two attached hydrogens (primary N) is 1. The Morgan fingerprint density at radius 2 is 2.11 bits per heavy atom. The van der Waals surface area contributed by atoms with Crippen molar-refractivity contribution in [3.05, 3.63) is 24.3 Å². The molecule has 0 unspecified atom stereocenters. The molecule has 1 aliphatic rings. The van der Waals surface area contributed by atoms with Gasteiger partial charge in [-0.1, -0.05) is 12.1 Å². The number of benzene rings is 1. The fourth-order valence-corrected chi connectivity index (χ4v) is 1.94. The molecule has 0 fully saturated rings. The van der Waals surface area contributed by atoms with E-state index in [0.29, 0.717) is 11.4 Å². The lowest BCUT2D eigenvalue weighted by Crippen LogP contribution is -2.43. The monoisotopic (exact) mass is 270 g/mol. The van der Waals surface area contributed by atoms with Crippen LogP contribution >= 0.6 is 7.75 Å². The number of aliphatic imine (C=N–C) groups is 1. The van der Waals surface area contributed by atoms with Gasteiger partial charge in [-0.3, -0.25) is 9.88 Å². The molecule has 2 rings (SSSR count). The average Bonchev–Trinajstić information content (AvgIpc) is 2.26. The molecule has 8 nitrogen and oxygen atoms in total. The van der Waals surface area contributed by atoms with E-state index in [4.69, 9.17) is 15.6 Å². The molecule has 9 heteroatoms. The standard InChI is InChI=1S/C9H11N4O4P/c10-13-5-7(9(14)12-18(15,16)17)11-6-3-1-2-4-8(6)13/h1-4H,5,10H2,(H3,12,14,15,16,17). The van der Waals surface area contributed by atoms with Crippen LogP contribution in [0, 0.1) is 0 Å². The van der Waals surface area contributed by atoms with E-state index in [0.717, 1.165) is 0 Å². The summed E-state index contributed by atoms with van der Waals surface area (Å²) in [6.45, 7) is -0.0250. The SMILES string of the molecule is NN1CC(C(=O)NP(=O)(O)O)=Nc2ccccc21. The first kappa shape index (κ1) is 12.7. The molecular formula is C9H11N4O4P. The van der Waals surface area contributed by atoms with Crippen molar-refractivity contribution < 1.29 is 19.1 Å². The number of hydrazine groups is 1. The third kappa shape index (κ3) is 2.74. The molecule has 0 aliphatic carbocycles. The highest BCUT2D eigenvalue weighted by atomic mass is 31.2. The number of anilines is 1. The lowest BCUT2D eigenvalue weighted by molar-refractivity contribution is -0.113. The van der Waals surface area contributed by atoms with Crippen molar-refractivity contribution in [3.63, 3.8) is 0 Å². The Balaban J connectivity index is 2.30. The van der Waals surface area contributed by atoms with E-state index in [1.807, 2.05) is 0 Å². The van der Waals surface area contributed by atoms with Gasteiger partial charge in [0, 0.05) is 0 Å². The molecule has 1 aromatic rings. The fraction of sp³-hybridized carbons (Fsp3) is 0.111. The number of carbonyl (C=O) groups excluding carboxylic acids is 1. The van der Waals surface area contributed by atoms with Gasteiger partial charge in [-0.05, 0) is 12.1 Å². The molecular weight excluding hydrogens is 259 g/mol. The van der Waals surface area contributed by atoms with Crippen molar-refractivity contribution in [1.82, 2.24) is 5.09 Å². The van der Waals surface area contributed by atoms with Gasteiger partial charge in [-0.25, -0.2) is 15.4 Å². The summed E-state index contributed by atoms with van der Waals surface area (Å²) < 4.78 is 10.7. The quantitative estimate of drug-likeness (QED) is 0.430. The number of carbonyl (C=O) groups is 1. The Labute approximate surface area is 102 Å². The van der Waals surface area contributed by atoms with Gasteiger partial charge in [0.05, 0.1) is 17.9 Å². The van der Waals surface area contributed by atoms with Gasteiger partial charge < -0.3 is 14.8 Å². The first-order valence-corrected chi connectivity index (χ1v) is 6.55. The van der Waals surface area contributed by atoms with E-state index in [9.17, 15) is 9.36 Å². The van der Waals surface area contributed by atoms with Crippen molar-refractivity contribution in [2.45, 2.75) is 0 Å². The molecule has 0 saturated carbocycles. The van der Waals surface area contributed by atoms with Crippen LogP contribution in [0.1, 0.15) is 0 Å². The number of rotatable bonds is 2. The summed E-state index contributed by atoms with van der Waals surface area (Å²) in [5, 5.41) is 2.84.